The van der Waals surface area contributed by atoms with E-state index in [1.807, 2.05) is 0 Å². The van der Waals surface area contributed by atoms with Crippen LogP contribution in [0.15, 0.2) is 48.5 Å². The maximum Gasteiger partial charge on any atom is 0.222 e. The fourth-order valence-electron chi connectivity index (χ4n) is 4.57. The van der Waals surface area contributed by atoms with Gasteiger partial charge in [-0.15, -0.1) is 0 Å². The van der Waals surface area contributed by atoms with E-state index in [2.05, 4.69) is 53.8 Å². The van der Waals surface area contributed by atoms with E-state index >= 15 is 0 Å². The Balaban J connectivity index is 1.58. The number of aliphatic hydroxyl groups excluding tert-OH is 1. The van der Waals surface area contributed by atoms with E-state index in [0.29, 0.717) is 24.3 Å². The van der Waals surface area contributed by atoms with Crippen LogP contribution in [0.3, 0.4) is 0 Å². The second-order valence-electron chi connectivity index (χ2n) is 7.18. The summed E-state index contributed by atoms with van der Waals surface area (Å²) in [7, 11) is 0. The van der Waals surface area contributed by atoms with Crippen molar-refractivity contribution in [3.05, 3.63) is 70.8 Å². The molecule has 25 heavy (non-hydrogen) atoms. The topological polar surface area (TPSA) is 75.3 Å². The van der Waals surface area contributed by atoms with E-state index in [0.717, 1.165) is 6.42 Å². The number of aliphatic hydroxyl groups is 1. The van der Waals surface area contributed by atoms with Crippen molar-refractivity contribution >= 4 is 5.91 Å². The van der Waals surface area contributed by atoms with Gasteiger partial charge in [0.2, 0.25) is 5.91 Å². The summed E-state index contributed by atoms with van der Waals surface area (Å²) in [5.41, 5.74) is 11.1. The van der Waals surface area contributed by atoms with Gasteiger partial charge in [-0.25, -0.2) is 0 Å². The monoisotopic (exact) mass is 336 g/mol. The average molecular weight is 336 g/mol. The van der Waals surface area contributed by atoms with E-state index in [1.165, 1.54) is 22.3 Å². The first kappa shape index (κ1) is 16.3. The van der Waals surface area contributed by atoms with Crippen LogP contribution in [0.1, 0.15) is 46.9 Å². The van der Waals surface area contributed by atoms with Crippen LogP contribution >= 0.6 is 0 Å². The average Bonchev–Trinajstić information content (AvgIpc) is 2.66. The largest absolute Gasteiger partial charge is 0.391 e. The van der Waals surface area contributed by atoms with Gasteiger partial charge in [0.05, 0.1) is 12.5 Å². The number of hydrogen-bond donors (Lipinski definition) is 3. The summed E-state index contributed by atoms with van der Waals surface area (Å²) in [4.78, 5) is 12.0. The quantitative estimate of drug-likeness (QED) is 0.783. The highest BCUT2D eigenvalue weighted by molar-refractivity contribution is 5.76. The van der Waals surface area contributed by atoms with E-state index in [9.17, 15) is 9.90 Å². The van der Waals surface area contributed by atoms with Gasteiger partial charge >= 0.3 is 0 Å². The molecule has 0 aliphatic heterocycles. The fraction of sp³-hybridized carbons (Fsp3) is 0.381. The molecular formula is C21H24N2O2. The summed E-state index contributed by atoms with van der Waals surface area (Å²) in [6, 6.07) is 17.4. The molecule has 0 heterocycles. The minimum atomic E-state index is -0.760. The number of carbonyl (C=O) groups excluding carboxylic acids is 1. The number of nitrogens with one attached hydrogen (secondary N) is 1. The normalized spacial score (nSPS) is 24.3. The maximum atomic E-state index is 12.0. The Labute approximate surface area is 148 Å². The number of carbonyl (C=O) groups is 1. The van der Waals surface area contributed by atoms with E-state index in [4.69, 9.17) is 5.73 Å². The number of nitrogens with two attached hydrogens (primary N) is 1. The van der Waals surface area contributed by atoms with Crippen molar-refractivity contribution in [2.24, 2.45) is 11.7 Å². The molecule has 0 aromatic heterocycles. The molecule has 2 aromatic rings. The second kappa shape index (κ2) is 6.62. The number of fused-ring (bicyclic) bond motifs is 1. The zero-order valence-corrected chi connectivity index (χ0v) is 14.2. The van der Waals surface area contributed by atoms with Crippen molar-refractivity contribution in [1.29, 1.82) is 0 Å². The van der Waals surface area contributed by atoms with Crippen LogP contribution < -0.4 is 11.1 Å². The minimum Gasteiger partial charge on any atom is -0.391 e. The molecular weight excluding hydrogens is 312 g/mol. The van der Waals surface area contributed by atoms with Crippen LogP contribution in [0.2, 0.25) is 0 Å². The lowest BCUT2D eigenvalue weighted by Crippen LogP contribution is -2.40. The summed E-state index contributed by atoms with van der Waals surface area (Å²) in [5.74, 6) is 1.00. The predicted molar refractivity (Wildman–Crippen MR) is 97.4 cm³/mol. The van der Waals surface area contributed by atoms with Crippen molar-refractivity contribution in [3.63, 3.8) is 0 Å². The number of rotatable bonds is 5. The maximum absolute atomic E-state index is 12.0. The first-order valence-electron chi connectivity index (χ1n) is 9.01. The van der Waals surface area contributed by atoms with E-state index < -0.39 is 6.10 Å². The smallest absolute Gasteiger partial charge is 0.222 e. The van der Waals surface area contributed by atoms with Crippen LogP contribution in [0.4, 0.5) is 0 Å². The van der Waals surface area contributed by atoms with Crippen LogP contribution in [-0.2, 0) is 4.79 Å². The SMILES string of the molecule is NCC(O)CC(=O)NCC1CC2c3ccccc3C1c1ccccc12. The molecule has 2 unspecified atom stereocenters. The summed E-state index contributed by atoms with van der Waals surface area (Å²) in [5, 5.41) is 12.6. The molecule has 0 saturated carbocycles. The van der Waals surface area contributed by atoms with Gasteiger partial charge < -0.3 is 16.2 Å². The third-order valence-electron chi connectivity index (χ3n) is 5.68. The molecule has 0 fully saturated rings. The Morgan fingerprint density at radius 1 is 1.08 bits per heavy atom. The molecule has 0 saturated heterocycles. The number of benzene rings is 2. The molecule has 4 nitrogen and oxygen atoms in total. The molecule has 3 aliphatic rings. The van der Waals surface area contributed by atoms with Crippen molar-refractivity contribution < 1.29 is 9.90 Å². The standard InChI is InChI=1S/C21H24N2O2/c22-11-14(24)10-20(25)23-12-13-9-19-15-5-1-3-7-17(15)21(13)18-8-4-2-6-16(18)19/h1-8,13-14,19,21,24H,9-12,22H2,(H,23,25). The predicted octanol–water partition coefficient (Wildman–Crippen LogP) is 2.11. The Morgan fingerprint density at radius 3 is 2.20 bits per heavy atom. The third kappa shape index (κ3) is 2.86. The van der Waals surface area contributed by atoms with Crippen molar-refractivity contribution in [2.45, 2.75) is 30.8 Å². The highest BCUT2D eigenvalue weighted by Gasteiger charge is 2.42. The summed E-state index contributed by atoms with van der Waals surface area (Å²) in [6.45, 7) is 0.752. The summed E-state index contributed by atoms with van der Waals surface area (Å²) in [6.07, 6.45) is 0.368. The first-order valence-corrected chi connectivity index (χ1v) is 9.01. The van der Waals surface area contributed by atoms with Gasteiger partial charge in [0.25, 0.3) is 0 Å². The zero-order chi connectivity index (χ0) is 17.4. The van der Waals surface area contributed by atoms with Crippen molar-refractivity contribution in [1.82, 2.24) is 5.32 Å². The fourth-order valence-corrected chi connectivity index (χ4v) is 4.57. The molecule has 130 valence electrons. The van der Waals surface area contributed by atoms with Gasteiger partial charge in [-0.3, -0.25) is 4.79 Å². The Morgan fingerprint density at radius 2 is 1.64 bits per heavy atom. The molecule has 2 bridgehead atoms. The minimum absolute atomic E-state index is 0.0739. The summed E-state index contributed by atoms with van der Waals surface area (Å²) < 4.78 is 0. The highest BCUT2D eigenvalue weighted by atomic mass is 16.3. The van der Waals surface area contributed by atoms with Crippen molar-refractivity contribution in [3.8, 4) is 0 Å². The summed E-state index contributed by atoms with van der Waals surface area (Å²) >= 11 is 0. The van der Waals surface area contributed by atoms with E-state index in [1.54, 1.807) is 0 Å². The van der Waals surface area contributed by atoms with Crippen LogP contribution in [-0.4, -0.2) is 30.2 Å². The molecule has 2 atom stereocenters. The lowest BCUT2D eigenvalue weighted by molar-refractivity contribution is -0.123. The van der Waals surface area contributed by atoms with Crippen molar-refractivity contribution in [2.75, 3.05) is 13.1 Å². The molecule has 4 N–H and O–H groups in total. The molecule has 0 radical (unpaired) electrons. The number of amides is 1. The van der Waals surface area contributed by atoms with Gasteiger partial charge in [0.15, 0.2) is 0 Å². The lowest BCUT2D eigenvalue weighted by Gasteiger charge is -2.45. The molecule has 2 aromatic carbocycles. The molecule has 4 heteroatoms. The molecule has 1 amide bonds. The highest BCUT2D eigenvalue weighted by Crippen LogP contribution is 2.55. The Bertz CT molecular complexity index is 741. The van der Waals surface area contributed by atoms with Gasteiger partial charge in [0, 0.05) is 24.9 Å². The second-order valence-corrected chi connectivity index (χ2v) is 7.18. The van der Waals surface area contributed by atoms with Gasteiger partial charge in [0.1, 0.15) is 0 Å². The Hall–Kier alpha value is -2.17. The lowest BCUT2D eigenvalue weighted by atomic mass is 9.59. The third-order valence-corrected chi connectivity index (χ3v) is 5.68. The Kier molecular flexibility index (Phi) is 4.32. The van der Waals surface area contributed by atoms with Crippen LogP contribution in [0.25, 0.3) is 0 Å². The molecule has 5 rings (SSSR count). The van der Waals surface area contributed by atoms with Crippen LogP contribution in [0.5, 0.6) is 0 Å². The van der Waals surface area contributed by atoms with Gasteiger partial charge in [-0.2, -0.15) is 0 Å². The zero-order valence-electron chi connectivity index (χ0n) is 14.2. The number of hydrogen-bond acceptors (Lipinski definition) is 3. The van der Waals surface area contributed by atoms with Crippen LogP contribution in [0, 0.1) is 5.92 Å². The van der Waals surface area contributed by atoms with Gasteiger partial charge in [-0.1, -0.05) is 48.5 Å². The first-order chi connectivity index (χ1) is 12.2. The van der Waals surface area contributed by atoms with E-state index in [-0.39, 0.29) is 18.9 Å². The van der Waals surface area contributed by atoms with Gasteiger partial charge in [-0.05, 0) is 34.6 Å². The molecule has 3 aliphatic carbocycles. The molecule has 0 spiro atoms.